The van der Waals surface area contributed by atoms with Crippen LogP contribution in [0, 0.1) is 5.82 Å². The molecule has 0 fully saturated rings. The van der Waals surface area contributed by atoms with Gasteiger partial charge in [0.05, 0.1) is 12.2 Å². The first-order chi connectivity index (χ1) is 11.9. The maximum absolute atomic E-state index is 13.6. The van der Waals surface area contributed by atoms with Gasteiger partial charge in [-0.3, -0.25) is 4.79 Å². The number of Topliss-reactive ketones (excluding diaryl/α,β-unsaturated/α-hetero) is 1. The molecule has 0 saturated carbocycles. The van der Waals surface area contributed by atoms with Gasteiger partial charge in [-0.2, -0.15) is 0 Å². The van der Waals surface area contributed by atoms with Crippen molar-refractivity contribution >= 4 is 40.6 Å². The van der Waals surface area contributed by atoms with E-state index >= 15 is 0 Å². The maximum atomic E-state index is 13.6. The highest BCUT2D eigenvalue weighted by atomic mass is 35.5. The summed E-state index contributed by atoms with van der Waals surface area (Å²) in [7, 11) is 0. The summed E-state index contributed by atoms with van der Waals surface area (Å²) < 4.78 is 18.5. The predicted octanol–water partition coefficient (Wildman–Crippen LogP) is 4.27. The zero-order valence-corrected chi connectivity index (χ0v) is 14.6. The van der Waals surface area contributed by atoms with Crippen molar-refractivity contribution in [1.82, 2.24) is 4.98 Å². The molecule has 0 spiro atoms. The molecular formula is C17H13Cl2FN2O3. The maximum Gasteiger partial charge on any atom is 0.343 e. The number of benzene rings is 1. The molecule has 0 unspecified atom stereocenters. The van der Waals surface area contributed by atoms with E-state index in [1.165, 1.54) is 6.20 Å². The summed E-state index contributed by atoms with van der Waals surface area (Å²) in [6, 6.07) is 9.67. The summed E-state index contributed by atoms with van der Waals surface area (Å²) >= 11 is 11.4. The molecule has 0 aliphatic heterocycles. The number of rotatable bonds is 6. The number of pyridine rings is 1. The Kier molecular flexibility index (Phi) is 6.50. The highest BCUT2D eigenvalue weighted by Gasteiger charge is 2.25. The van der Waals surface area contributed by atoms with E-state index in [9.17, 15) is 14.0 Å². The Balaban J connectivity index is 2.39. The van der Waals surface area contributed by atoms with Crippen LogP contribution < -0.4 is 5.32 Å². The Bertz CT molecular complexity index is 826. The molecule has 0 bridgehead atoms. The molecule has 0 aliphatic rings. The molecule has 5 nitrogen and oxygen atoms in total. The van der Waals surface area contributed by atoms with Gasteiger partial charge in [0.1, 0.15) is 10.7 Å². The average Bonchev–Trinajstić information content (AvgIpc) is 2.59. The topological polar surface area (TPSA) is 68.3 Å². The molecule has 0 amide bonds. The number of para-hydroxylation sites is 1. The minimum Gasteiger partial charge on any atom is -0.462 e. The molecule has 1 heterocycles. The summed E-state index contributed by atoms with van der Waals surface area (Å²) in [6.45, 7) is 1.66. The van der Waals surface area contributed by atoms with Crippen LogP contribution in [0.15, 0.2) is 48.2 Å². The molecule has 8 heteroatoms. The Morgan fingerprint density at radius 2 is 1.92 bits per heavy atom. The molecule has 2 rings (SSSR count). The van der Waals surface area contributed by atoms with Crippen molar-refractivity contribution in [2.24, 2.45) is 0 Å². The Morgan fingerprint density at radius 3 is 2.56 bits per heavy atom. The standard InChI is InChI=1S/C17H13Cl2FN2O3/c1-2-25-17(24)12(9-21-10-6-4-3-5-7-10)14(23)11-8-13(20)16(19)22-15(11)18/h3-9,21H,2H2,1H3. The molecule has 0 aliphatic carbocycles. The number of hydrogen-bond donors (Lipinski definition) is 1. The van der Waals surface area contributed by atoms with Crippen molar-refractivity contribution in [3.05, 3.63) is 69.9 Å². The summed E-state index contributed by atoms with van der Waals surface area (Å²) in [5.41, 5.74) is -0.00235. The SMILES string of the molecule is CCOC(=O)C(=CNc1ccccc1)C(=O)c1cc(F)c(Cl)nc1Cl. The van der Waals surface area contributed by atoms with E-state index in [1.807, 2.05) is 6.07 Å². The molecule has 25 heavy (non-hydrogen) atoms. The van der Waals surface area contributed by atoms with Crippen LogP contribution in [0.5, 0.6) is 0 Å². The van der Waals surface area contributed by atoms with Crippen molar-refractivity contribution in [3.63, 3.8) is 0 Å². The van der Waals surface area contributed by atoms with E-state index in [-0.39, 0.29) is 22.9 Å². The number of aromatic nitrogens is 1. The second-order valence-corrected chi connectivity index (χ2v) is 5.43. The number of carbonyl (C=O) groups excluding carboxylic acids is 2. The van der Waals surface area contributed by atoms with E-state index in [0.29, 0.717) is 5.69 Å². The smallest absolute Gasteiger partial charge is 0.343 e. The quantitative estimate of drug-likeness (QED) is 0.202. The lowest BCUT2D eigenvalue weighted by Crippen LogP contribution is -2.18. The van der Waals surface area contributed by atoms with Crippen LogP contribution in [0.3, 0.4) is 0 Å². The van der Waals surface area contributed by atoms with E-state index in [2.05, 4.69) is 10.3 Å². The summed E-state index contributed by atoms with van der Waals surface area (Å²) in [6.07, 6.45) is 1.18. The third-order valence-corrected chi connectivity index (χ3v) is 3.58. The Morgan fingerprint density at radius 1 is 1.24 bits per heavy atom. The number of anilines is 1. The lowest BCUT2D eigenvalue weighted by Gasteiger charge is -2.09. The molecule has 0 atom stereocenters. The molecule has 2 aromatic rings. The molecular weight excluding hydrogens is 370 g/mol. The first kappa shape index (κ1) is 18.9. The monoisotopic (exact) mass is 382 g/mol. The minimum absolute atomic E-state index is 0.0652. The van der Waals surface area contributed by atoms with E-state index in [1.54, 1.807) is 31.2 Å². The zero-order chi connectivity index (χ0) is 18.4. The molecule has 0 radical (unpaired) electrons. The van der Waals surface area contributed by atoms with Crippen molar-refractivity contribution in [3.8, 4) is 0 Å². The number of esters is 1. The van der Waals surface area contributed by atoms with Crippen LogP contribution in [-0.2, 0) is 9.53 Å². The fraction of sp³-hybridized carbons (Fsp3) is 0.118. The van der Waals surface area contributed by atoms with Gasteiger partial charge in [0.15, 0.2) is 11.0 Å². The van der Waals surface area contributed by atoms with Gasteiger partial charge >= 0.3 is 5.97 Å². The van der Waals surface area contributed by atoms with Gasteiger partial charge in [0.2, 0.25) is 5.78 Å². The summed E-state index contributed by atoms with van der Waals surface area (Å²) in [5.74, 6) is -2.63. The molecule has 130 valence electrons. The largest absolute Gasteiger partial charge is 0.462 e. The minimum atomic E-state index is -0.923. The molecule has 1 aromatic heterocycles. The summed E-state index contributed by atoms with van der Waals surface area (Å²) in [4.78, 5) is 28.3. The van der Waals surface area contributed by atoms with Crippen molar-refractivity contribution in [2.75, 3.05) is 11.9 Å². The van der Waals surface area contributed by atoms with Crippen LogP contribution in [0.4, 0.5) is 10.1 Å². The molecule has 1 aromatic carbocycles. The molecule has 1 N–H and O–H groups in total. The fourth-order valence-corrected chi connectivity index (χ4v) is 2.27. The van der Waals surface area contributed by atoms with Crippen LogP contribution in [0.1, 0.15) is 17.3 Å². The normalized spacial score (nSPS) is 11.1. The number of hydrogen-bond acceptors (Lipinski definition) is 5. The number of nitrogens with zero attached hydrogens (tertiary/aromatic N) is 1. The van der Waals surface area contributed by atoms with Crippen LogP contribution in [-0.4, -0.2) is 23.3 Å². The number of nitrogens with one attached hydrogen (secondary N) is 1. The zero-order valence-electron chi connectivity index (χ0n) is 13.1. The van der Waals surface area contributed by atoms with E-state index in [4.69, 9.17) is 27.9 Å². The third-order valence-electron chi connectivity index (χ3n) is 3.03. The van der Waals surface area contributed by atoms with Crippen molar-refractivity contribution in [1.29, 1.82) is 0 Å². The van der Waals surface area contributed by atoms with Gasteiger partial charge in [-0.1, -0.05) is 41.4 Å². The first-order valence-electron chi connectivity index (χ1n) is 7.19. The average molecular weight is 383 g/mol. The van der Waals surface area contributed by atoms with Gasteiger partial charge in [-0.05, 0) is 25.1 Å². The number of ether oxygens (including phenoxy) is 1. The van der Waals surface area contributed by atoms with Gasteiger partial charge in [-0.15, -0.1) is 0 Å². The van der Waals surface area contributed by atoms with Gasteiger partial charge in [-0.25, -0.2) is 14.2 Å². The Labute approximate surface area is 153 Å². The van der Waals surface area contributed by atoms with E-state index < -0.39 is 22.7 Å². The fourth-order valence-electron chi connectivity index (χ4n) is 1.87. The number of halogens is 3. The van der Waals surface area contributed by atoms with Crippen LogP contribution in [0.25, 0.3) is 0 Å². The third kappa shape index (κ3) is 4.78. The lowest BCUT2D eigenvalue weighted by molar-refractivity contribution is -0.138. The van der Waals surface area contributed by atoms with E-state index in [0.717, 1.165) is 6.07 Å². The molecule has 0 saturated heterocycles. The summed E-state index contributed by atoms with van der Waals surface area (Å²) in [5, 5.41) is 2.03. The number of carbonyl (C=O) groups is 2. The second-order valence-electron chi connectivity index (χ2n) is 4.72. The second kappa shape index (κ2) is 8.60. The highest BCUT2D eigenvalue weighted by molar-refractivity contribution is 6.37. The predicted molar refractivity (Wildman–Crippen MR) is 93.3 cm³/mol. The lowest BCUT2D eigenvalue weighted by atomic mass is 10.1. The highest BCUT2D eigenvalue weighted by Crippen LogP contribution is 2.23. The first-order valence-corrected chi connectivity index (χ1v) is 7.94. The van der Waals surface area contributed by atoms with Crippen LogP contribution in [0.2, 0.25) is 10.3 Å². The number of ketones is 1. The van der Waals surface area contributed by atoms with Crippen molar-refractivity contribution in [2.45, 2.75) is 6.92 Å². The van der Waals surface area contributed by atoms with Crippen molar-refractivity contribution < 1.29 is 18.7 Å². The van der Waals surface area contributed by atoms with Crippen LogP contribution >= 0.6 is 23.2 Å². The Hall–Kier alpha value is -2.44. The van der Waals surface area contributed by atoms with Gasteiger partial charge in [0.25, 0.3) is 0 Å². The van der Waals surface area contributed by atoms with Gasteiger partial charge < -0.3 is 10.1 Å². The van der Waals surface area contributed by atoms with Gasteiger partial charge in [0, 0.05) is 11.9 Å².